The summed E-state index contributed by atoms with van der Waals surface area (Å²) in [5.74, 6) is -0.398. The zero-order chi connectivity index (χ0) is 8.72. The van der Waals surface area contributed by atoms with Crippen LogP contribution in [0.3, 0.4) is 0 Å². The highest BCUT2D eigenvalue weighted by Crippen LogP contribution is 2.19. The van der Waals surface area contributed by atoms with Crippen LogP contribution in [0.1, 0.15) is 0 Å². The van der Waals surface area contributed by atoms with E-state index < -0.39 is 5.82 Å². The number of H-pyrrole nitrogens is 2. The first-order chi connectivity index (χ1) is 5.66. The van der Waals surface area contributed by atoms with Crippen molar-refractivity contribution in [3.8, 4) is 0 Å². The van der Waals surface area contributed by atoms with Gasteiger partial charge in [-0.25, -0.2) is 4.39 Å². The Bertz CT molecular complexity index is 488. The first-order valence-corrected chi connectivity index (χ1v) is 4.02. The van der Waals surface area contributed by atoms with Gasteiger partial charge in [-0.05, 0) is 24.4 Å². The third-order valence-corrected chi connectivity index (χ3v) is 1.96. The summed E-state index contributed by atoms with van der Waals surface area (Å²) in [5, 5.41) is 0.352. The minimum atomic E-state index is -0.398. The number of aromatic amines is 2. The van der Waals surface area contributed by atoms with Crippen LogP contribution in [0.4, 0.5) is 4.39 Å². The summed E-state index contributed by atoms with van der Waals surface area (Å²) in [6.07, 6.45) is 0. The standard InChI is InChI=1S/C7H4ClFN2S/c8-3-1-4(9)6-5(2-3)10-7(12)11-6/h1-2H,(H2,10,11,12). The molecule has 0 atom stereocenters. The molecule has 12 heavy (non-hydrogen) atoms. The van der Waals surface area contributed by atoms with Gasteiger partial charge >= 0.3 is 0 Å². The monoisotopic (exact) mass is 202 g/mol. The molecule has 62 valence electrons. The maximum atomic E-state index is 13.1. The van der Waals surface area contributed by atoms with Crippen molar-refractivity contribution in [3.05, 3.63) is 27.7 Å². The molecule has 0 bridgehead atoms. The van der Waals surface area contributed by atoms with Crippen molar-refractivity contribution in [2.75, 3.05) is 0 Å². The molecule has 5 heteroatoms. The number of imidazole rings is 1. The smallest absolute Gasteiger partial charge is 0.175 e. The molecule has 2 nitrogen and oxygen atoms in total. The maximum absolute atomic E-state index is 13.1. The van der Waals surface area contributed by atoms with Gasteiger partial charge in [0.05, 0.1) is 5.52 Å². The topological polar surface area (TPSA) is 31.6 Å². The number of hydrogen-bond acceptors (Lipinski definition) is 1. The van der Waals surface area contributed by atoms with Crippen molar-refractivity contribution in [3.63, 3.8) is 0 Å². The first-order valence-electron chi connectivity index (χ1n) is 3.24. The van der Waals surface area contributed by atoms with E-state index in [1.54, 1.807) is 6.07 Å². The van der Waals surface area contributed by atoms with E-state index in [9.17, 15) is 4.39 Å². The molecule has 1 aromatic carbocycles. The van der Waals surface area contributed by atoms with Gasteiger partial charge < -0.3 is 9.97 Å². The summed E-state index contributed by atoms with van der Waals surface area (Å²) < 4.78 is 13.5. The van der Waals surface area contributed by atoms with E-state index in [0.717, 1.165) is 0 Å². The van der Waals surface area contributed by atoms with E-state index in [4.69, 9.17) is 23.8 Å². The number of aromatic nitrogens is 2. The van der Waals surface area contributed by atoms with Crippen LogP contribution >= 0.6 is 23.8 Å². The van der Waals surface area contributed by atoms with Crippen LogP contribution < -0.4 is 0 Å². The Morgan fingerprint density at radius 2 is 2.08 bits per heavy atom. The molecule has 0 saturated carbocycles. The lowest BCUT2D eigenvalue weighted by Crippen LogP contribution is -1.77. The fraction of sp³-hybridized carbons (Fsp3) is 0. The molecule has 1 aromatic heterocycles. The highest BCUT2D eigenvalue weighted by atomic mass is 35.5. The number of fused-ring (bicyclic) bond motifs is 1. The molecule has 0 fully saturated rings. The van der Waals surface area contributed by atoms with E-state index in [2.05, 4.69) is 9.97 Å². The first kappa shape index (κ1) is 7.76. The summed E-state index contributed by atoms with van der Waals surface area (Å²) in [7, 11) is 0. The summed E-state index contributed by atoms with van der Waals surface area (Å²) in [6.45, 7) is 0. The molecule has 2 N–H and O–H groups in total. The Balaban J connectivity index is 2.97. The normalized spacial score (nSPS) is 10.8. The second-order valence-electron chi connectivity index (χ2n) is 2.39. The molecule has 0 aliphatic carbocycles. The SMILES string of the molecule is Fc1cc(Cl)cc2[nH]c(=S)[nH]c12. The molecule has 0 aliphatic heterocycles. The summed E-state index contributed by atoms with van der Waals surface area (Å²) in [5.41, 5.74) is 0.953. The van der Waals surface area contributed by atoms with E-state index in [1.165, 1.54) is 6.07 Å². The predicted molar refractivity (Wildman–Crippen MR) is 48.5 cm³/mol. The molecular weight excluding hydrogens is 199 g/mol. The summed E-state index contributed by atoms with van der Waals surface area (Å²) in [4.78, 5) is 5.45. The van der Waals surface area contributed by atoms with Gasteiger partial charge in [0.25, 0.3) is 0 Å². The molecule has 2 rings (SSSR count). The lowest BCUT2D eigenvalue weighted by atomic mass is 10.3. The maximum Gasteiger partial charge on any atom is 0.175 e. The summed E-state index contributed by atoms with van der Waals surface area (Å²) >= 11 is 10.4. The minimum Gasteiger partial charge on any atom is -0.331 e. The van der Waals surface area contributed by atoms with Crippen molar-refractivity contribution in [1.29, 1.82) is 0 Å². The molecule has 2 aromatic rings. The molecule has 0 saturated heterocycles. The van der Waals surface area contributed by atoms with Gasteiger partial charge in [0.15, 0.2) is 4.77 Å². The highest BCUT2D eigenvalue weighted by Gasteiger charge is 2.03. The van der Waals surface area contributed by atoms with Crippen LogP contribution in [-0.4, -0.2) is 9.97 Å². The van der Waals surface area contributed by atoms with E-state index in [-0.39, 0.29) is 0 Å². The van der Waals surface area contributed by atoms with Crippen LogP contribution in [0.25, 0.3) is 11.0 Å². The Morgan fingerprint density at radius 3 is 2.83 bits per heavy atom. The average molecular weight is 203 g/mol. The lowest BCUT2D eigenvalue weighted by molar-refractivity contribution is 0.637. The molecule has 0 aliphatic rings. The number of hydrogen-bond donors (Lipinski definition) is 2. The fourth-order valence-corrected chi connectivity index (χ4v) is 1.48. The third-order valence-electron chi connectivity index (χ3n) is 1.54. The van der Waals surface area contributed by atoms with Gasteiger partial charge in [-0.15, -0.1) is 0 Å². The van der Waals surface area contributed by atoms with Crippen LogP contribution in [0.2, 0.25) is 5.02 Å². The Hall–Kier alpha value is -0.870. The third kappa shape index (κ3) is 1.13. The van der Waals surface area contributed by atoms with Crippen molar-refractivity contribution in [2.45, 2.75) is 0 Å². The van der Waals surface area contributed by atoms with Crippen LogP contribution in [0.5, 0.6) is 0 Å². The van der Waals surface area contributed by atoms with E-state index >= 15 is 0 Å². The zero-order valence-electron chi connectivity index (χ0n) is 5.82. The van der Waals surface area contributed by atoms with Crippen LogP contribution in [-0.2, 0) is 0 Å². The number of halogens is 2. The molecule has 0 radical (unpaired) electrons. The van der Waals surface area contributed by atoms with Crippen molar-refractivity contribution >= 4 is 34.9 Å². The highest BCUT2D eigenvalue weighted by molar-refractivity contribution is 7.71. The van der Waals surface area contributed by atoms with E-state index in [0.29, 0.717) is 20.8 Å². The predicted octanol–water partition coefficient (Wildman–Crippen LogP) is 3.02. The lowest BCUT2D eigenvalue weighted by Gasteiger charge is -1.92. The van der Waals surface area contributed by atoms with Crippen molar-refractivity contribution < 1.29 is 4.39 Å². The number of benzene rings is 1. The molecular formula is C7H4ClFN2S. The Morgan fingerprint density at radius 1 is 1.33 bits per heavy atom. The second-order valence-corrected chi connectivity index (χ2v) is 3.23. The van der Waals surface area contributed by atoms with Gasteiger partial charge in [0.2, 0.25) is 0 Å². The zero-order valence-corrected chi connectivity index (χ0v) is 7.39. The average Bonchev–Trinajstić information content (AvgIpc) is 2.29. The fourth-order valence-electron chi connectivity index (χ4n) is 1.07. The van der Waals surface area contributed by atoms with Crippen LogP contribution in [0, 0.1) is 10.6 Å². The molecule has 0 amide bonds. The molecule has 0 unspecified atom stereocenters. The van der Waals surface area contributed by atoms with Gasteiger partial charge in [-0.1, -0.05) is 11.6 Å². The number of nitrogens with one attached hydrogen (secondary N) is 2. The van der Waals surface area contributed by atoms with Gasteiger partial charge in [-0.3, -0.25) is 0 Å². The second kappa shape index (κ2) is 2.57. The minimum absolute atomic E-state index is 0.352. The van der Waals surface area contributed by atoms with Crippen molar-refractivity contribution in [2.24, 2.45) is 0 Å². The van der Waals surface area contributed by atoms with E-state index in [1.807, 2.05) is 0 Å². The quantitative estimate of drug-likeness (QED) is 0.633. The van der Waals surface area contributed by atoms with Crippen molar-refractivity contribution in [1.82, 2.24) is 9.97 Å². The number of rotatable bonds is 0. The Labute approximate surface area is 77.4 Å². The van der Waals surface area contributed by atoms with Gasteiger partial charge in [0, 0.05) is 5.02 Å². The van der Waals surface area contributed by atoms with Gasteiger partial charge in [-0.2, -0.15) is 0 Å². The molecule has 1 heterocycles. The molecule has 0 spiro atoms. The van der Waals surface area contributed by atoms with Gasteiger partial charge in [0.1, 0.15) is 11.3 Å². The summed E-state index contributed by atoms with van der Waals surface area (Å²) in [6, 6.07) is 2.86. The Kier molecular flexibility index (Phi) is 1.66. The van der Waals surface area contributed by atoms with Crippen LogP contribution in [0.15, 0.2) is 12.1 Å². The largest absolute Gasteiger partial charge is 0.331 e.